The molecule has 5 rings (SSSR count). The fourth-order valence-electron chi connectivity index (χ4n) is 6.48. The van der Waals surface area contributed by atoms with Crippen LogP contribution in [-0.4, -0.2) is 33.5 Å². The molecule has 0 spiro atoms. The fraction of sp³-hybridized carbons (Fsp3) is 0.905. The topological polar surface area (TPSA) is 52.6 Å². The molecule has 0 aliphatic heterocycles. The van der Waals surface area contributed by atoms with E-state index in [2.05, 4.69) is 22.6 Å². The van der Waals surface area contributed by atoms with Gasteiger partial charge >= 0.3 is 11.9 Å². The van der Waals surface area contributed by atoms with Crippen molar-refractivity contribution in [2.75, 3.05) is 6.61 Å². The Kier molecular flexibility index (Phi) is 5.45. The molecule has 0 saturated heterocycles. The Bertz CT molecular complexity index is 633. The van der Waals surface area contributed by atoms with Crippen molar-refractivity contribution in [3.05, 3.63) is 0 Å². The molecule has 0 N–H and O–H groups in total. The Hall–Kier alpha value is -0.470. The van der Waals surface area contributed by atoms with Gasteiger partial charge in [0.25, 0.3) is 5.92 Å². The first-order valence-electron chi connectivity index (χ1n) is 10.5. The van der Waals surface area contributed by atoms with Crippen molar-refractivity contribution in [1.29, 1.82) is 0 Å². The van der Waals surface area contributed by atoms with Gasteiger partial charge in [0.05, 0.1) is 11.8 Å². The summed E-state index contributed by atoms with van der Waals surface area (Å²) in [5.74, 6) is -4.02. The normalized spacial score (nSPS) is 42.3. The van der Waals surface area contributed by atoms with Gasteiger partial charge in [-0.25, -0.2) is 8.78 Å². The highest BCUT2D eigenvalue weighted by atomic mass is 127. The quantitative estimate of drug-likeness (QED) is 0.295. The maximum atomic E-state index is 13.1. The van der Waals surface area contributed by atoms with Crippen molar-refractivity contribution in [2.24, 2.45) is 23.7 Å². The molecule has 0 aromatic carbocycles. The molecule has 5 aliphatic rings. The number of carbonyl (C=O) groups excluding carboxylic acids is 2. The van der Waals surface area contributed by atoms with Crippen LogP contribution in [-0.2, 0) is 19.1 Å². The van der Waals surface area contributed by atoms with Gasteiger partial charge in [0.1, 0.15) is 5.60 Å². The highest BCUT2D eigenvalue weighted by Gasteiger charge is 2.59. The minimum Gasteiger partial charge on any atom is -0.459 e. The number of halogens is 3. The van der Waals surface area contributed by atoms with Crippen LogP contribution in [0.15, 0.2) is 0 Å². The van der Waals surface area contributed by atoms with E-state index in [0.717, 1.165) is 39.0 Å². The average molecular weight is 510 g/mol. The van der Waals surface area contributed by atoms with Crippen molar-refractivity contribution in [2.45, 2.75) is 86.1 Å². The molecule has 5 saturated carbocycles. The van der Waals surface area contributed by atoms with Gasteiger partial charge in [0, 0.05) is 16.8 Å². The Morgan fingerprint density at radius 2 is 1.61 bits per heavy atom. The first kappa shape index (κ1) is 20.8. The monoisotopic (exact) mass is 510 g/mol. The van der Waals surface area contributed by atoms with Gasteiger partial charge in [-0.3, -0.25) is 9.59 Å². The molecule has 158 valence electrons. The average Bonchev–Trinajstić information content (AvgIpc) is 2.56. The number of rotatable bonds is 5. The first-order chi connectivity index (χ1) is 13.1. The lowest BCUT2D eigenvalue weighted by Gasteiger charge is -2.59. The summed E-state index contributed by atoms with van der Waals surface area (Å²) >= 11 is 2.57. The third-order valence-electron chi connectivity index (χ3n) is 7.09. The number of carbonyl (C=O) groups is 2. The minimum atomic E-state index is -3.06. The highest BCUT2D eigenvalue weighted by molar-refractivity contribution is 14.1. The highest BCUT2D eigenvalue weighted by Crippen LogP contribution is 2.62. The van der Waals surface area contributed by atoms with Gasteiger partial charge < -0.3 is 9.47 Å². The van der Waals surface area contributed by atoms with Crippen LogP contribution in [0.3, 0.4) is 0 Å². The standard InChI is InChI=1S/C21H29F2IO4/c1-19(22,23)12-27-17(25)15-4-2-3-5-16(15)18(26)28-21-9-13-6-14(10-21)8-20(24,7-13)11-21/h13-16H,2-12H2,1H3. The molecule has 28 heavy (non-hydrogen) atoms. The molecular formula is C21H29F2IO4. The van der Waals surface area contributed by atoms with E-state index in [9.17, 15) is 18.4 Å². The number of hydrogen-bond acceptors (Lipinski definition) is 4. The Morgan fingerprint density at radius 1 is 1.04 bits per heavy atom. The third-order valence-corrected chi connectivity index (χ3v) is 8.35. The lowest BCUT2D eigenvalue weighted by atomic mass is 9.54. The van der Waals surface area contributed by atoms with E-state index in [1.54, 1.807) is 0 Å². The van der Waals surface area contributed by atoms with Gasteiger partial charge in [0.2, 0.25) is 0 Å². The molecule has 5 aliphatic carbocycles. The van der Waals surface area contributed by atoms with E-state index in [-0.39, 0.29) is 15.0 Å². The molecule has 0 amide bonds. The summed E-state index contributed by atoms with van der Waals surface area (Å²) in [6.07, 6.45) is 9.17. The SMILES string of the molecule is CC(F)(F)COC(=O)C1CCCCC1C(=O)OC12CC3CC(CC(I)(C3)C1)C2. The molecule has 4 atom stereocenters. The van der Waals surface area contributed by atoms with Gasteiger partial charge in [-0.15, -0.1) is 0 Å². The predicted octanol–water partition coefficient (Wildman–Crippen LogP) is 5.06. The van der Waals surface area contributed by atoms with Crippen LogP contribution in [0.5, 0.6) is 0 Å². The zero-order valence-electron chi connectivity index (χ0n) is 16.4. The summed E-state index contributed by atoms with van der Waals surface area (Å²) in [5, 5.41) is 0. The number of alkyl halides is 3. The minimum absolute atomic E-state index is 0.236. The maximum absolute atomic E-state index is 13.1. The Morgan fingerprint density at radius 3 is 2.14 bits per heavy atom. The number of ether oxygens (including phenoxy) is 2. The van der Waals surface area contributed by atoms with Crippen LogP contribution < -0.4 is 0 Å². The number of esters is 2. The van der Waals surface area contributed by atoms with Crippen molar-refractivity contribution in [1.82, 2.24) is 0 Å². The summed E-state index contributed by atoms with van der Waals surface area (Å²) < 4.78 is 37.4. The summed E-state index contributed by atoms with van der Waals surface area (Å²) in [7, 11) is 0. The van der Waals surface area contributed by atoms with Crippen LogP contribution in [0.1, 0.15) is 71.1 Å². The van der Waals surface area contributed by atoms with E-state index in [4.69, 9.17) is 9.47 Å². The van der Waals surface area contributed by atoms with Crippen molar-refractivity contribution in [3.8, 4) is 0 Å². The summed E-state index contributed by atoms with van der Waals surface area (Å²) in [6.45, 7) is -0.214. The molecule has 5 fully saturated rings. The second kappa shape index (κ2) is 7.34. The lowest BCUT2D eigenvalue weighted by molar-refractivity contribution is -0.192. The van der Waals surface area contributed by atoms with Crippen LogP contribution >= 0.6 is 22.6 Å². The van der Waals surface area contributed by atoms with E-state index in [1.165, 1.54) is 19.3 Å². The van der Waals surface area contributed by atoms with E-state index >= 15 is 0 Å². The third kappa shape index (κ3) is 4.33. The smallest absolute Gasteiger partial charge is 0.310 e. The summed E-state index contributed by atoms with van der Waals surface area (Å²) in [6, 6.07) is 0. The van der Waals surface area contributed by atoms with Gasteiger partial charge in [-0.05, 0) is 56.8 Å². The van der Waals surface area contributed by atoms with Gasteiger partial charge in [-0.2, -0.15) is 0 Å². The van der Waals surface area contributed by atoms with Crippen LogP contribution in [0.2, 0.25) is 0 Å². The molecular weight excluding hydrogens is 481 g/mol. The predicted molar refractivity (Wildman–Crippen MR) is 107 cm³/mol. The zero-order valence-corrected chi connectivity index (χ0v) is 18.5. The van der Waals surface area contributed by atoms with Crippen LogP contribution in [0, 0.1) is 23.7 Å². The van der Waals surface area contributed by atoms with Gasteiger partial charge in [-0.1, -0.05) is 35.4 Å². The van der Waals surface area contributed by atoms with Crippen LogP contribution in [0.4, 0.5) is 8.78 Å². The largest absolute Gasteiger partial charge is 0.459 e. The maximum Gasteiger partial charge on any atom is 0.310 e. The molecule has 4 unspecified atom stereocenters. The van der Waals surface area contributed by atoms with Crippen molar-refractivity contribution < 1.29 is 27.8 Å². The second-order valence-electron chi connectivity index (χ2n) is 9.89. The molecule has 7 heteroatoms. The zero-order chi connectivity index (χ0) is 20.2. The molecule has 4 bridgehead atoms. The Labute approximate surface area is 178 Å². The molecule has 4 nitrogen and oxygen atoms in total. The van der Waals surface area contributed by atoms with Crippen LogP contribution in [0.25, 0.3) is 0 Å². The van der Waals surface area contributed by atoms with E-state index < -0.39 is 30.3 Å². The Balaban J connectivity index is 1.43. The van der Waals surface area contributed by atoms with E-state index in [0.29, 0.717) is 24.7 Å². The second-order valence-corrected chi connectivity index (χ2v) is 12.2. The van der Waals surface area contributed by atoms with E-state index in [1.807, 2.05) is 0 Å². The molecule has 0 heterocycles. The van der Waals surface area contributed by atoms with Gasteiger partial charge in [0.15, 0.2) is 6.61 Å². The summed E-state index contributed by atoms with van der Waals surface area (Å²) in [5.41, 5.74) is -0.384. The van der Waals surface area contributed by atoms with Crippen molar-refractivity contribution >= 4 is 34.5 Å². The lowest BCUT2D eigenvalue weighted by Crippen LogP contribution is -2.58. The molecule has 0 radical (unpaired) electrons. The van der Waals surface area contributed by atoms with Crippen molar-refractivity contribution in [3.63, 3.8) is 0 Å². The first-order valence-corrected chi connectivity index (χ1v) is 11.6. The molecule has 0 aromatic heterocycles. The molecule has 0 aromatic rings. The fourth-order valence-corrected chi connectivity index (χ4v) is 8.42. The summed E-state index contributed by atoms with van der Waals surface area (Å²) in [4.78, 5) is 25.5. The number of hydrogen-bond donors (Lipinski definition) is 0.